The lowest BCUT2D eigenvalue weighted by Crippen LogP contribution is -2.16. The number of rotatable bonds is 4. The summed E-state index contributed by atoms with van der Waals surface area (Å²) < 4.78 is 9.80. The molecule has 9 nitrogen and oxygen atoms in total. The molecule has 3 aromatic rings. The Morgan fingerprint density at radius 1 is 1.00 bits per heavy atom. The fraction of sp³-hybridized carbons (Fsp3) is 0.158. The number of nitro benzene ring substituents is 1. The van der Waals surface area contributed by atoms with Crippen molar-refractivity contribution in [3.8, 4) is 11.5 Å². The van der Waals surface area contributed by atoms with E-state index in [0.29, 0.717) is 0 Å². The Balaban J connectivity index is 2.42. The second-order valence-electron chi connectivity index (χ2n) is 5.96. The number of phenolic OH excluding ortho intramolecular Hbond substituents is 1. The Labute approximate surface area is 157 Å². The zero-order valence-electron chi connectivity index (χ0n) is 14.8. The summed E-state index contributed by atoms with van der Waals surface area (Å²) in [7, 11) is 0. The molecule has 0 saturated carbocycles. The van der Waals surface area contributed by atoms with Gasteiger partial charge in [0.25, 0.3) is 12.0 Å². The zero-order chi connectivity index (χ0) is 20.6. The van der Waals surface area contributed by atoms with Crippen LogP contribution in [0, 0.1) is 10.1 Å². The molecule has 144 valence electrons. The lowest BCUT2D eigenvalue weighted by Gasteiger charge is -2.20. The van der Waals surface area contributed by atoms with E-state index in [-0.39, 0.29) is 27.1 Å². The number of benzene rings is 3. The van der Waals surface area contributed by atoms with Gasteiger partial charge in [-0.2, -0.15) is 0 Å². The minimum atomic E-state index is -1.71. The van der Waals surface area contributed by atoms with Gasteiger partial charge in [0.1, 0.15) is 16.7 Å². The number of hydrogen-bond donors (Lipinski definition) is 1. The molecule has 9 heteroatoms. The van der Waals surface area contributed by atoms with Gasteiger partial charge in [0.2, 0.25) is 0 Å². The first-order valence-corrected chi connectivity index (χ1v) is 8.08. The third-order valence-electron chi connectivity index (χ3n) is 4.10. The van der Waals surface area contributed by atoms with Gasteiger partial charge in [0, 0.05) is 19.2 Å². The first kappa shape index (κ1) is 18.9. The van der Waals surface area contributed by atoms with Crippen molar-refractivity contribution in [1.29, 1.82) is 0 Å². The van der Waals surface area contributed by atoms with Crippen molar-refractivity contribution >= 4 is 39.2 Å². The van der Waals surface area contributed by atoms with Gasteiger partial charge in [-0.25, -0.2) is 0 Å². The molecule has 0 radical (unpaired) electrons. The van der Waals surface area contributed by atoms with Crippen LogP contribution in [-0.4, -0.2) is 22.0 Å². The van der Waals surface area contributed by atoms with Crippen molar-refractivity contribution in [2.45, 2.75) is 20.1 Å². The smallest absolute Gasteiger partial charge is 0.305 e. The highest BCUT2D eigenvalue weighted by Crippen LogP contribution is 2.46. The Morgan fingerprint density at radius 3 is 2.11 bits per heavy atom. The van der Waals surface area contributed by atoms with E-state index in [4.69, 9.17) is 9.47 Å². The van der Waals surface area contributed by atoms with Crippen LogP contribution in [0.2, 0.25) is 0 Å². The minimum absolute atomic E-state index is 0.0870. The number of aromatic hydroxyl groups is 1. The maximum Gasteiger partial charge on any atom is 0.305 e. The average Bonchev–Trinajstić information content (AvgIpc) is 2.63. The van der Waals surface area contributed by atoms with Crippen molar-refractivity contribution in [2.75, 3.05) is 0 Å². The summed E-state index contributed by atoms with van der Waals surface area (Å²) in [6.45, 7) is 2.09. The van der Waals surface area contributed by atoms with Crippen LogP contribution in [0.1, 0.15) is 25.7 Å². The Hall–Kier alpha value is -3.88. The molecule has 0 bridgehead atoms. The average molecular weight is 384 g/mol. The van der Waals surface area contributed by atoms with Crippen molar-refractivity contribution in [1.82, 2.24) is 0 Å². The van der Waals surface area contributed by atoms with E-state index in [1.807, 2.05) is 0 Å². The summed E-state index contributed by atoms with van der Waals surface area (Å²) in [6.07, 6.45) is -1.71. The van der Waals surface area contributed by atoms with Crippen molar-refractivity contribution in [3.63, 3.8) is 0 Å². The molecule has 0 heterocycles. The van der Waals surface area contributed by atoms with Crippen LogP contribution >= 0.6 is 0 Å². The van der Waals surface area contributed by atoms with Crippen LogP contribution in [0.4, 0.5) is 5.69 Å². The molecule has 0 atom stereocenters. The third kappa shape index (κ3) is 3.13. The van der Waals surface area contributed by atoms with E-state index in [9.17, 15) is 29.9 Å². The normalized spacial score (nSPS) is 11.0. The van der Waals surface area contributed by atoms with Crippen LogP contribution in [0.25, 0.3) is 21.5 Å². The van der Waals surface area contributed by atoms with Crippen LogP contribution in [0.15, 0.2) is 36.4 Å². The number of carbonyl (C=O) groups is 2. The molecule has 0 amide bonds. The fourth-order valence-electron chi connectivity index (χ4n) is 3.04. The van der Waals surface area contributed by atoms with E-state index in [1.165, 1.54) is 18.2 Å². The van der Waals surface area contributed by atoms with Gasteiger partial charge in [-0.1, -0.05) is 36.1 Å². The highest BCUT2D eigenvalue weighted by atomic mass is 16.7. The molecule has 0 aliphatic carbocycles. The van der Waals surface area contributed by atoms with Crippen molar-refractivity contribution < 1.29 is 34.2 Å². The lowest BCUT2D eigenvalue weighted by molar-refractivity contribution is -0.385. The van der Waals surface area contributed by atoms with Crippen LogP contribution in [0.5, 0.6) is 11.5 Å². The summed E-state index contributed by atoms with van der Waals surface area (Å²) in [5.74, 6) is -2.65. The molecule has 0 fully saturated rings. The molecule has 3 rings (SSSR count). The summed E-state index contributed by atoms with van der Waals surface area (Å²) in [5, 5.41) is 35.2. The third-order valence-corrected chi connectivity index (χ3v) is 4.10. The predicted octanol–water partition coefficient (Wildman–Crippen LogP) is 2.81. The number of hydrogen-bond acceptors (Lipinski definition) is 8. The number of nitrogens with zero attached hydrogens (tertiary/aromatic N) is 1. The monoisotopic (exact) mass is 384 g/mol. The second-order valence-corrected chi connectivity index (χ2v) is 5.96. The number of esters is 2. The molecular weight excluding hydrogens is 370 g/mol. The molecule has 28 heavy (non-hydrogen) atoms. The molecule has 0 aliphatic heterocycles. The van der Waals surface area contributed by atoms with E-state index < -0.39 is 40.3 Å². The highest BCUT2D eigenvalue weighted by Gasteiger charge is 2.31. The Kier molecular flexibility index (Phi) is 4.74. The number of fused-ring (bicyclic) bond motifs is 2. The summed E-state index contributed by atoms with van der Waals surface area (Å²) >= 11 is 0. The van der Waals surface area contributed by atoms with Gasteiger partial charge in [-0.15, -0.1) is 0 Å². The van der Waals surface area contributed by atoms with Crippen molar-refractivity contribution in [2.24, 2.45) is 0 Å². The summed E-state index contributed by atoms with van der Waals surface area (Å²) in [6, 6.07) is 8.55. The van der Waals surface area contributed by atoms with Gasteiger partial charge in [-0.05, 0) is 16.8 Å². The van der Waals surface area contributed by atoms with Gasteiger partial charge in [0.15, 0.2) is 0 Å². The number of phenols is 1. The Bertz CT molecular complexity index is 1120. The van der Waals surface area contributed by atoms with E-state index >= 15 is 0 Å². The maximum atomic E-state index is 12.7. The van der Waals surface area contributed by atoms with Gasteiger partial charge in [0.05, 0.1) is 4.92 Å². The van der Waals surface area contributed by atoms with Crippen LogP contribution in [0.3, 0.4) is 0 Å². The number of nitro groups is 1. The molecule has 0 aromatic heterocycles. The van der Waals surface area contributed by atoms with Gasteiger partial charge >= 0.3 is 11.9 Å². The standard InChI is InChI=1S/C19H15NO8/c1-9(21)27-19(28-10(2)22)14-8-7-13-15(16(14)20(25)26)18(24)12-6-4-3-5-11(12)17(13)23/h3-8,19,23-24H,1-2H3/p-1. The minimum Gasteiger partial charge on any atom is -0.872 e. The topological polar surface area (TPSA) is 139 Å². The van der Waals surface area contributed by atoms with E-state index in [0.717, 1.165) is 19.9 Å². The maximum absolute atomic E-state index is 12.7. The summed E-state index contributed by atoms with van der Waals surface area (Å²) in [5.41, 5.74) is -0.974. The highest BCUT2D eigenvalue weighted by molar-refractivity contribution is 6.13. The fourth-order valence-corrected chi connectivity index (χ4v) is 3.04. The Morgan fingerprint density at radius 2 is 1.57 bits per heavy atom. The number of carbonyl (C=O) groups excluding carboxylic acids is 2. The lowest BCUT2D eigenvalue weighted by atomic mass is 9.97. The predicted molar refractivity (Wildman–Crippen MR) is 95.5 cm³/mol. The molecule has 0 unspecified atom stereocenters. The SMILES string of the molecule is CC(=O)OC(OC(C)=O)c1ccc2c([O-])c3ccccc3c(O)c2c1[N+](=O)[O-]. The van der Waals surface area contributed by atoms with Crippen LogP contribution < -0.4 is 5.11 Å². The van der Waals surface area contributed by atoms with Crippen LogP contribution in [-0.2, 0) is 19.1 Å². The molecule has 0 spiro atoms. The van der Waals surface area contributed by atoms with Gasteiger partial charge < -0.3 is 19.7 Å². The quantitative estimate of drug-likeness (QED) is 0.238. The van der Waals surface area contributed by atoms with Gasteiger partial charge in [-0.3, -0.25) is 19.7 Å². The molecule has 0 saturated heterocycles. The molecule has 0 aliphatic rings. The zero-order valence-corrected chi connectivity index (χ0v) is 14.8. The van der Waals surface area contributed by atoms with E-state index in [2.05, 4.69) is 0 Å². The summed E-state index contributed by atoms with van der Waals surface area (Å²) in [4.78, 5) is 33.7. The molecule has 1 N–H and O–H groups in total. The molecular formula is C19H14NO8-. The van der Waals surface area contributed by atoms with Crippen molar-refractivity contribution in [3.05, 3.63) is 52.1 Å². The molecule has 3 aromatic carbocycles. The second kappa shape index (κ2) is 7.03. The first-order chi connectivity index (χ1) is 13.2. The number of ether oxygens (including phenoxy) is 2. The first-order valence-electron chi connectivity index (χ1n) is 8.08. The largest absolute Gasteiger partial charge is 0.872 e. The van der Waals surface area contributed by atoms with E-state index in [1.54, 1.807) is 12.1 Å².